The third-order valence-corrected chi connectivity index (χ3v) is 4.70. The Kier molecular flexibility index (Phi) is 4.24. The number of halogens is 1. The topological polar surface area (TPSA) is 55.1 Å². The van der Waals surface area contributed by atoms with Gasteiger partial charge in [-0.3, -0.25) is 4.79 Å². The first-order chi connectivity index (χ1) is 11.0. The van der Waals surface area contributed by atoms with E-state index in [9.17, 15) is 9.90 Å². The number of carboxylic acid groups (broad SMARTS) is 1. The maximum atomic E-state index is 11.5. The summed E-state index contributed by atoms with van der Waals surface area (Å²) in [4.78, 5) is 11.5. The number of aryl methyl sites for hydroxylation is 1. The van der Waals surface area contributed by atoms with E-state index in [1.807, 2.05) is 40.6 Å². The molecule has 23 heavy (non-hydrogen) atoms. The second-order valence-electron chi connectivity index (χ2n) is 5.31. The van der Waals surface area contributed by atoms with Gasteiger partial charge in [0.25, 0.3) is 0 Å². The Hall–Kier alpha value is -2.11. The fourth-order valence-electron chi connectivity index (χ4n) is 2.63. The van der Waals surface area contributed by atoms with Crippen LogP contribution in [0.25, 0.3) is 16.9 Å². The Morgan fingerprint density at radius 2 is 2.00 bits per heavy atom. The monoisotopic (exact) mass is 346 g/mol. The predicted molar refractivity (Wildman–Crippen MR) is 92.7 cm³/mol. The zero-order valence-electron chi connectivity index (χ0n) is 12.7. The van der Waals surface area contributed by atoms with Crippen LogP contribution in [0.5, 0.6) is 0 Å². The van der Waals surface area contributed by atoms with Gasteiger partial charge >= 0.3 is 5.97 Å². The zero-order chi connectivity index (χ0) is 16.6. The van der Waals surface area contributed by atoms with Crippen molar-refractivity contribution < 1.29 is 9.90 Å². The summed E-state index contributed by atoms with van der Waals surface area (Å²) in [5.74, 6) is -1.51. The van der Waals surface area contributed by atoms with E-state index < -0.39 is 11.9 Å². The molecule has 0 saturated heterocycles. The molecule has 1 unspecified atom stereocenters. The van der Waals surface area contributed by atoms with Crippen molar-refractivity contribution in [2.24, 2.45) is 0 Å². The van der Waals surface area contributed by atoms with Crippen LogP contribution in [-0.2, 0) is 4.79 Å². The Bertz CT molecular complexity index is 838. The van der Waals surface area contributed by atoms with Crippen LogP contribution in [0.15, 0.2) is 41.1 Å². The first-order valence-electron chi connectivity index (χ1n) is 7.10. The second-order valence-corrected chi connectivity index (χ2v) is 6.52. The van der Waals surface area contributed by atoms with Gasteiger partial charge in [-0.1, -0.05) is 23.7 Å². The molecule has 118 valence electrons. The van der Waals surface area contributed by atoms with Gasteiger partial charge in [0.1, 0.15) is 0 Å². The number of aromatic nitrogens is 2. The van der Waals surface area contributed by atoms with Crippen molar-refractivity contribution >= 4 is 28.9 Å². The molecule has 2 aromatic heterocycles. The minimum absolute atomic E-state index is 0.639. The molecule has 2 heterocycles. The van der Waals surface area contributed by atoms with Crippen LogP contribution in [-0.4, -0.2) is 20.9 Å². The third-order valence-electron chi connectivity index (χ3n) is 3.78. The Morgan fingerprint density at radius 1 is 1.30 bits per heavy atom. The molecule has 0 aliphatic rings. The number of thiophene rings is 1. The van der Waals surface area contributed by atoms with Gasteiger partial charge in [0.2, 0.25) is 0 Å². The van der Waals surface area contributed by atoms with E-state index in [2.05, 4.69) is 5.10 Å². The number of hydrogen-bond acceptors (Lipinski definition) is 3. The van der Waals surface area contributed by atoms with Crippen LogP contribution in [0.2, 0.25) is 5.02 Å². The molecule has 0 bridgehead atoms. The highest BCUT2D eigenvalue weighted by Gasteiger charge is 2.26. The summed E-state index contributed by atoms with van der Waals surface area (Å²) in [7, 11) is 0. The van der Waals surface area contributed by atoms with Crippen LogP contribution in [0.4, 0.5) is 0 Å². The minimum atomic E-state index is -0.867. The molecule has 3 aromatic rings. The van der Waals surface area contributed by atoms with E-state index in [1.165, 1.54) is 0 Å². The van der Waals surface area contributed by atoms with Crippen LogP contribution in [0.3, 0.4) is 0 Å². The molecule has 0 amide bonds. The number of nitrogens with zero attached hydrogens (tertiary/aromatic N) is 2. The quantitative estimate of drug-likeness (QED) is 0.741. The molecule has 1 N–H and O–H groups in total. The fourth-order valence-corrected chi connectivity index (χ4v) is 3.37. The van der Waals surface area contributed by atoms with Crippen molar-refractivity contribution in [1.82, 2.24) is 9.78 Å². The lowest BCUT2D eigenvalue weighted by molar-refractivity contribution is -0.138. The Morgan fingerprint density at radius 3 is 2.57 bits per heavy atom. The Balaban J connectivity index is 2.28. The number of aliphatic carboxylic acids is 1. The van der Waals surface area contributed by atoms with Crippen LogP contribution < -0.4 is 0 Å². The summed E-state index contributed by atoms with van der Waals surface area (Å²) in [5.41, 5.74) is 4.06. The molecule has 0 saturated carbocycles. The first-order valence-corrected chi connectivity index (χ1v) is 8.42. The van der Waals surface area contributed by atoms with E-state index in [4.69, 9.17) is 11.6 Å². The summed E-state index contributed by atoms with van der Waals surface area (Å²) < 4.78 is 1.81. The Labute approximate surface area is 143 Å². The van der Waals surface area contributed by atoms with Gasteiger partial charge < -0.3 is 5.11 Å². The highest BCUT2D eigenvalue weighted by molar-refractivity contribution is 7.08. The summed E-state index contributed by atoms with van der Waals surface area (Å²) in [6, 6.07) is 9.34. The molecule has 3 rings (SSSR count). The van der Waals surface area contributed by atoms with Crippen molar-refractivity contribution in [3.8, 4) is 16.9 Å². The van der Waals surface area contributed by atoms with E-state index in [-0.39, 0.29) is 0 Å². The smallest absolute Gasteiger partial charge is 0.310 e. The predicted octanol–water partition coefficient (Wildman–Crippen LogP) is 4.75. The fraction of sp³-hybridized carbons (Fsp3) is 0.176. The van der Waals surface area contributed by atoms with E-state index >= 15 is 0 Å². The molecule has 4 nitrogen and oxygen atoms in total. The lowest BCUT2D eigenvalue weighted by Gasteiger charge is -2.12. The molecule has 1 atom stereocenters. The lowest BCUT2D eigenvalue weighted by atomic mass is 9.95. The number of benzene rings is 1. The standard InChI is InChI=1S/C17H15ClN2O2S/c1-10(17(21)22)15-11(2)19-20(14-7-8-23-9-14)16(15)12-3-5-13(18)6-4-12/h3-10H,1-2H3,(H,21,22). The van der Waals surface area contributed by atoms with Gasteiger partial charge in [0.05, 0.1) is 23.0 Å². The minimum Gasteiger partial charge on any atom is -0.481 e. The molecular weight excluding hydrogens is 332 g/mol. The van der Waals surface area contributed by atoms with Crippen LogP contribution in [0.1, 0.15) is 24.1 Å². The second kappa shape index (κ2) is 6.18. The SMILES string of the molecule is Cc1nn(-c2ccsc2)c(-c2ccc(Cl)cc2)c1C(C)C(=O)O. The van der Waals surface area contributed by atoms with Gasteiger partial charge in [-0.25, -0.2) is 4.68 Å². The van der Waals surface area contributed by atoms with Crippen molar-refractivity contribution in [1.29, 1.82) is 0 Å². The molecule has 6 heteroatoms. The van der Waals surface area contributed by atoms with E-state index in [1.54, 1.807) is 30.4 Å². The summed E-state index contributed by atoms with van der Waals surface area (Å²) in [5, 5.41) is 18.6. The zero-order valence-corrected chi connectivity index (χ0v) is 14.2. The number of hydrogen-bond donors (Lipinski definition) is 1. The molecule has 0 aliphatic carbocycles. The number of rotatable bonds is 4. The largest absolute Gasteiger partial charge is 0.481 e. The number of carbonyl (C=O) groups is 1. The normalized spacial score (nSPS) is 12.3. The highest BCUT2D eigenvalue weighted by atomic mass is 35.5. The molecular formula is C17H15ClN2O2S. The lowest BCUT2D eigenvalue weighted by Crippen LogP contribution is -2.09. The maximum Gasteiger partial charge on any atom is 0.310 e. The molecule has 0 spiro atoms. The first kappa shape index (κ1) is 15.8. The van der Waals surface area contributed by atoms with E-state index in [0.29, 0.717) is 5.02 Å². The van der Waals surface area contributed by atoms with Crippen molar-refractivity contribution in [3.05, 3.63) is 57.4 Å². The van der Waals surface area contributed by atoms with Crippen molar-refractivity contribution in [3.63, 3.8) is 0 Å². The van der Waals surface area contributed by atoms with Gasteiger partial charge in [0, 0.05) is 21.5 Å². The molecule has 1 aromatic carbocycles. The van der Waals surface area contributed by atoms with Gasteiger partial charge in [-0.05, 0) is 37.4 Å². The highest BCUT2D eigenvalue weighted by Crippen LogP contribution is 2.35. The van der Waals surface area contributed by atoms with Gasteiger partial charge in [-0.15, -0.1) is 0 Å². The molecule has 0 aliphatic heterocycles. The van der Waals surface area contributed by atoms with Crippen LogP contribution >= 0.6 is 22.9 Å². The average Bonchev–Trinajstić information content (AvgIpc) is 3.14. The van der Waals surface area contributed by atoms with Crippen molar-refractivity contribution in [2.75, 3.05) is 0 Å². The van der Waals surface area contributed by atoms with Gasteiger partial charge in [-0.2, -0.15) is 16.4 Å². The van der Waals surface area contributed by atoms with Crippen molar-refractivity contribution in [2.45, 2.75) is 19.8 Å². The summed E-state index contributed by atoms with van der Waals surface area (Å²) in [6.45, 7) is 3.53. The van der Waals surface area contributed by atoms with Crippen LogP contribution in [0, 0.1) is 6.92 Å². The molecule has 0 fully saturated rings. The third kappa shape index (κ3) is 2.90. The summed E-state index contributed by atoms with van der Waals surface area (Å²) >= 11 is 7.55. The summed E-state index contributed by atoms with van der Waals surface area (Å²) in [6.07, 6.45) is 0. The average molecular weight is 347 g/mol. The number of carboxylic acids is 1. The van der Waals surface area contributed by atoms with E-state index in [0.717, 1.165) is 28.2 Å². The maximum absolute atomic E-state index is 11.5. The van der Waals surface area contributed by atoms with Gasteiger partial charge in [0.15, 0.2) is 0 Å². The molecule has 0 radical (unpaired) electrons.